The highest BCUT2D eigenvalue weighted by Gasteiger charge is 2.15. The van der Waals surface area contributed by atoms with Gasteiger partial charge in [0, 0.05) is 23.7 Å². The van der Waals surface area contributed by atoms with Crippen LogP contribution in [0.4, 0.5) is 5.69 Å². The second-order valence-electron chi connectivity index (χ2n) is 6.39. The van der Waals surface area contributed by atoms with E-state index in [0.717, 1.165) is 16.3 Å². The molecule has 3 aromatic rings. The van der Waals surface area contributed by atoms with Gasteiger partial charge in [-0.25, -0.2) is 0 Å². The smallest absolute Gasteiger partial charge is 0.272 e. The van der Waals surface area contributed by atoms with E-state index >= 15 is 0 Å². The van der Waals surface area contributed by atoms with Crippen molar-refractivity contribution in [3.63, 3.8) is 0 Å². The number of aliphatic hydroxyl groups is 1. The lowest BCUT2D eigenvalue weighted by atomic mass is 9.99. The number of carbonyl (C=O) groups is 1. The van der Waals surface area contributed by atoms with Crippen molar-refractivity contribution in [2.45, 2.75) is 19.4 Å². The number of carbonyl (C=O) groups excluding carboxylic acids is 1. The maximum atomic E-state index is 12.2. The lowest BCUT2D eigenvalue weighted by Gasteiger charge is -2.14. The molecule has 0 aromatic heterocycles. The molecule has 1 unspecified atom stereocenters. The summed E-state index contributed by atoms with van der Waals surface area (Å²) in [5.74, 6) is -0.321. The van der Waals surface area contributed by atoms with Crippen LogP contribution in [0.3, 0.4) is 0 Å². The van der Waals surface area contributed by atoms with Crippen LogP contribution in [0, 0.1) is 17.0 Å². The number of hydrogen-bond donors (Lipinski definition) is 2. The van der Waals surface area contributed by atoms with Crippen LogP contribution in [-0.2, 0) is 0 Å². The van der Waals surface area contributed by atoms with Gasteiger partial charge >= 0.3 is 0 Å². The summed E-state index contributed by atoms with van der Waals surface area (Å²) in [7, 11) is 0. The Kier molecular flexibility index (Phi) is 5.47. The van der Waals surface area contributed by atoms with Crippen LogP contribution in [0.5, 0.6) is 0 Å². The highest BCUT2D eigenvalue weighted by molar-refractivity contribution is 5.94. The topological polar surface area (TPSA) is 92.5 Å². The quantitative estimate of drug-likeness (QED) is 0.512. The summed E-state index contributed by atoms with van der Waals surface area (Å²) >= 11 is 0. The van der Waals surface area contributed by atoms with E-state index in [2.05, 4.69) is 5.32 Å². The number of amides is 1. The van der Waals surface area contributed by atoms with Crippen LogP contribution in [0.1, 0.15) is 34.0 Å². The SMILES string of the molecule is Cc1cc(C(=O)NCCC(O)c2cccc3ccccc23)ccc1[N+](=O)[O-]. The van der Waals surface area contributed by atoms with Crippen LogP contribution in [0.2, 0.25) is 0 Å². The van der Waals surface area contributed by atoms with Gasteiger partial charge < -0.3 is 10.4 Å². The Morgan fingerprint density at radius 3 is 2.63 bits per heavy atom. The van der Waals surface area contributed by atoms with Crippen LogP contribution >= 0.6 is 0 Å². The van der Waals surface area contributed by atoms with Gasteiger partial charge in [-0.05, 0) is 41.8 Å². The van der Waals surface area contributed by atoms with E-state index in [1.54, 1.807) is 6.92 Å². The molecule has 6 nitrogen and oxygen atoms in total. The molecular weight excluding hydrogens is 344 g/mol. The Morgan fingerprint density at radius 2 is 1.89 bits per heavy atom. The first-order valence-electron chi connectivity index (χ1n) is 8.66. The average molecular weight is 364 g/mol. The maximum Gasteiger partial charge on any atom is 0.272 e. The minimum absolute atomic E-state index is 0.0158. The van der Waals surface area contributed by atoms with E-state index in [0.29, 0.717) is 24.1 Å². The molecular formula is C21H20N2O4. The van der Waals surface area contributed by atoms with Crippen molar-refractivity contribution in [1.82, 2.24) is 5.32 Å². The number of fused-ring (bicyclic) bond motifs is 1. The molecule has 27 heavy (non-hydrogen) atoms. The lowest BCUT2D eigenvalue weighted by Crippen LogP contribution is -2.25. The van der Waals surface area contributed by atoms with Crippen molar-refractivity contribution in [2.24, 2.45) is 0 Å². The van der Waals surface area contributed by atoms with Gasteiger partial charge in [-0.15, -0.1) is 0 Å². The highest BCUT2D eigenvalue weighted by atomic mass is 16.6. The molecule has 138 valence electrons. The first-order valence-corrected chi connectivity index (χ1v) is 8.66. The molecule has 3 aromatic carbocycles. The Morgan fingerprint density at radius 1 is 1.15 bits per heavy atom. The first-order chi connectivity index (χ1) is 13.0. The predicted octanol–water partition coefficient (Wildman–Crippen LogP) is 3.91. The number of nitro benzene ring substituents is 1. The van der Waals surface area contributed by atoms with Gasteiger partial charge in [0.15, 0.2) is 0 Å². The van der Waals surface area contributed by atoms with Gasteiger partial charge in [-0.2, -0.15) is 0 Å². The number of nitro groups is 1. The van der Waals surface area contributed by atoms with E-state index in [1.807, 2.05) is 42.5 Å². The van der Waals surface area contributed by atoms with Gasteiger partial charge in [-0.1, -0.05) is 42.5 Å². The number of hydrogen-bond acceptors (Lipinski definition) is 4. The normalized spacial score (nSPS) is 11.9. The Hall–Kier alpha value is -3.25. The molecule has 2 N–H and O–H groups in total. The van der Waals surface area contributed by atoms with Crippen molar-refractivity contribution in [3.8, 4) is 0 Å². The fourth-order valence-electron chi connectivity index (χ4n) is 3.12. The van der Waals surface area contributed by atoms with E-state index in [4.69, 9.17) is 0 Å². The number of nitrogens with zero attached hydrogens (tertiary/aromatic N) is 1. The van der Waals surface area contributed by atoms with Crippen molar-refractivity contribution < 1.29 is 14.8 Å². The number of nitrogens with one attached hydrogen (secondary N) is 1. The first kappa shape index (κ1) is 18.5. The van der Waals surface area contributed by atoms with Crippen LogP contribution in [0.15, 0.2) is 60.7 Å². The summed E-state index contributed by atoms with van der Waals surface area (Å²) in [4.78, 5) is 22.6. The molecule has 0 aliphatic carbocycles. The van der Waals surface area contributed by atoms with Crippen LogP contribution in [0.25, 0.3) is 10.8 Å². The standard InChI is InChI=1S/C21H20N2O4/c1-14-13-16(9-10-19(14)23(26)27)21(25)22-12-11-20(24)18-8-4-6-15-5-2-3-7-17(15)18/h2-10,13,20,24H,11-12H2,1H3,(H,22,25). The molecule has 0 spiro atoms. The molecule has 0 heterocycles. The second kappa shape index (κ2) is 7.97. The number of aliphatic hydroxyl groups excluding tert-OH is 1. The lowest BCUT2D eigenvalue weighted by molar-refractivity contribution is -0.385. The fraction of sp³-hybridized carbons (Fsp3) is 0.190. The molecule has 0 fully saturated rings. The average Bonchev–Trinajstić information content (AvgIpc) is 2.66. The minimum Gasteiger partial charge on any atom is -0.388 e. The Balaban J connectivity index is 1.63. The number of rotatable bonds is 6. The van der Waals surface area contributed by atoms with Crippen molar-refractivity contribution in [3.05, 3.63) is 87.5 Å². The Labute approximate surface area is 156 Å². The molecule has 0 saturated carbocycles. The molecule has 0 radical (unpaired) electrons. The molecule has 1 amide bonds. The molecule has 0 saturated heterocycles. The van der Waals surface area contributed by atoms with E-state index in [1.165, 1.54) is 18.2 Å². The van der Waals surface area contributed by atoms with Gasteiger partial charge in [0.05, 0.1) is 11.0 Å². The van der Waals surface area contributed by atoms with E-state index < -0.39 is 11.0 Å². The summed E-state index contributed by atoms with van der Waals surface area (Å²) < 4.78 is 0. The highest BCUT2D eigenvalue weighted by Crippen LogP contribution is 2.26. The molecule has 1 atom stereocenters. The third-order valence-corrected chi connectivity index (χ3v) is 4.54. The van der Waals surface area contributed by atoms with Crippen LogP contribution < -0.4 is 5.32 Å². The summed E-state index contributed by atoms with van der Waals surface area (Å²) in [5.41, 5.74) is 1.60. The van der Waals surface area contributed by atoms with Crippen molar-refractivity contribution in [2.75, 3.05) is 6.54 Å². The summed E-state index contributed by atoms with van der Waals surface area (Å²) in [5, 5.41) is 26.2. The summed E-state index contributed by atoms with van der Waals surface area (Å²) in [6.07, 6.45) is -0.332. The molecule has 6 heteroatoms. The minimum atomic E-state index is -0.699. The Bertz CT molecular complexity index is 995. The van der Waals surface area contributed by atoms with E-state index in [9.17, 15) is 20.0 Å². The predicted molar refractivity (Wildman–Crippen MR) is 104 cm³/mol. The van der Waals surface area contributed by atoms with E-state index in [-0.39, 0.29) is 11.6 Å². The van der Waals surface area contributed by atoms with Crippen molar-refractivity contribution >= 4 is 22.4 Å². The van der Waals surface area contributed by atoms with Gasteiger partial charge in [-0.3, -0.25) is 14.9 Å². The third-order valence-electron chi connectivity index (χ3n) is 4.54. The molecule has 0 bridgehead atoms. The number of benzene rings is 3. The summed E-state index contributed by atoms with van der Waals surface area (Å²) in [6, 6.07) is 17.9. The van der Waals surface area contributed by atoms with Gasteiger partial charge in [0.25, 0.3) is 11.6 Å². The van der Waals surface area contributed by atoms with Crippen molar-refractivity contribution in [1.29, 1.82) is 0 Å². The second-order valence-corrected chi connectivity index (χ2v) is 6.39. The third kappa shape index (κ3) is 4.12. The molecule has 3 rings (SSSR count). The zero-order valence-electron chi connectivity index (χ0n) is 14.9. The van der Waals surface area contributed by atoms with Crippen LogP contribution in [-0.4, -0.2) is 22.5 Å². The summed E-state index contributed by atoms with van der Waals surface area (Å²) in [6.45, 7) is 1.89. The zero-order chi connectivity index (χ0) is 19.4. The molecule has 0 aliphatic heterocycles. The molecule has 0 aliphatic rings. The monoisotopic (exact) mass is 364 g/mol. The largest absolute Gasteiger partial charge is 0.388 e. The van der Waals surface area contributed by atoms with Gasteiger partial charge in [0.1, 0.15) is 0 Å². The number of aryl methyl sites for hydroxylation is 1. The fourth-order valence-corrected chi connectivity index (χ4v) is 3.12. The maximum absolute atomic E-state index is 12.2. The zero-order valence-corrected chi connectivity index (χ0v) is 14.9. The van der Waals surface area contributed by atoms with Gasteiger partial charge in [0.2, 0.25) is 0 Å².